The van der Waals surface area contributed by atoms with Crippen molar-refractivity contribution in [3.05, 3.63) is 42.3 Å². The highest BCUT2D eigenvalue weighted by molar-refractivity contribution is 5.92. The highest BCUT2D eigenvalue weighted by atomic mass is 16.5. The predicted molar refractivity (Wildman–Crippen MR) is 79.0 cm³/mol. The minimum absolute atomic E-state index is 0.241. The SMILES string of the molecule is COCCNCCNC(=O)c1coc(-c2ccccc2)n1. The van der Waals surface area contributed by atoms with E-state index in [2.05, 4.69) is 15.6 Å². The molecule has 2 N–H and O–H groups in total. The molecule has 0 aliphatic rings. The summed E-state index contributed by atoms with van der Waals surface area (Å²) in [5.41, 5.74) is 1.13. The molecule has 0 fully saturated rings. The molecule has 0 atom stereocenters. The van der Waals surface area contributed by atoms with Crippen molar-refractivity contribution in [2.24, 2.45) is 0 Å². The van der Waals surface area contributed by atoms with Crippen molar-refractivity contribution in [1.82, 2.24) is 15.6 Å². The lowest BCUT2D eigenvalue weighted by molar-refractivity contribution is 0.0948. The molecule has 1 amide bonds. The molecule has 6 nitrogen and oxygen atoms in total. The largest absolute Gasteiger partial charge is 0.444 e. The zero-order valence-electron chi connectivity index (χ0n) is 12.0. The first kappa shape index (κ1) is 15.2. The van der Waals surface area contributed by atoms with Crippen LogP contribution in [0.2, 0.25) is 0 Å². The Hall–Kier alpha value is -2.18. The average molecular weight is 289 g/mol. The lowest BCUT2D eigenvalue weighted by Gasteiger charge is -2.04. The Balaban J connectivity index is 1.80. The third-order valence-corrected chi connectivity index (χ3v) is 2.83. The second kappa shape index (κ2) is 8.18. The van der Waals surface area contributed by atoms with Crippen LogP contribution in [-0.2, 0) is 4.74 Å². The molecule has 2 rings (SSSR count). The quantitative estimate of drug-likeness (QED) is 0.717. The molecule has 0 aliphatic heterocycles. The van der Waals surface area contributed by atoms with Crippen molar-refractivity contribution in [3.63, 3.8) is 0 Å². The Bertz CT molecular complexity index is 554. The van der Waals surface area contributed by atoms with Gasteiger partial charge < -0.3 is 19.8 Å². The number of hydrogen-bond donors (Lipinski definition) is 2. The smallest absolute Gasteiger partial charge is 0.273 e. The molecule has 0 bridgehead atoms. The van der Waals surface area contributed by atoms with Crippen LogP contribution in [0.1, 0.15) is 10.5 Å². The maximum atomic E-state index is 11.9. The van der Waals surface area contributed by atoms with E-state index < -0.39 is 0 Å². The Morgan fingerprint density at radius 1 is 1.24 bits per heavy atom. The molecule has 0 aliphatic carbocycles. The van der Waals surface area contributed by atoms with Gasteiger partial charge in [0.2, 0.25) is 5.89 Å². The van der Waals surface area contributed by atoms with Gasteiger partial charge in [0, 0.05) is 32.3 Å². The number of nitrogens with zero attached hydrogens (tertiary/aromatic N) is 1. The first-order valence-electron chi connectivity index (χ1n) is 6.80. The first-order chi connectivity index (χ1) is 10.3. The van der Waals surface area contributed by atoms with E-state index >= 15 is 0 Å². The van der Waals surface area contributed by atoms with Gasteiger partial charge in [-0.15, -0.1) is 0 Å². The monoisotopic (exact) mass is 289 g/mol. The van der Waals surface area contributed by atoms with Gasteiger partial charge in [0.1, 0.15) is 6.26 Å². The number of methoxy groups -OCH3 is 1. The molecular formula is C15H19N3O3. The van der Waals surface area contributed by atoms with Crippen LogP contribution in [0.4, 0.5) is 0 Å². The summed E-state index contributed by atoms with van der Waals surface area (Å²) in [5, 5.41) is 5.92. The fraction of sp³-hybridized carbons (Fsp3) is 0.333. The fourth-order valence-electron chi connectivity index (χ4n) is 1.75. The summed E-state index contributed by atoms with van der Waals surface area (Å²) >= 11 is 0. The third kappa shape index (κ3) is 4.70. The van der Waals surface area contributed by atoms with E-state index in [-0.39, 0.29) is 11.6 Å². The highest BCUT2D eigenvalue weighted by Gasteiger charge is 2.12. The van der Waals surface area contributed by atoms with Gasteiger partial charge in [-0.2, -0.15) is 0 Å². The van der Waals surface area contributed by atoms with Crippen LogP contribution in [0.25, 0.3) is 11.5 Å². The number of carbonyl (C=O) groups is 1. The topological polar surface area (TPSA) is 76.4 Å². The van der Waals surface area contributed by atoms with Gasteiger partial charge in [-0.3, -0.25) is 4.79 Å². The maximum Gasteiger partial charge on any atom is 0.273 e. The number of ether oxygens (including phenoxy) is 1. The second-order valence-electron chi connectivity index (χ2n) is 4.40. The van der Waals surface area contributed by atoms with E-state index in [1.165, 1.54) is 6.26 Å². The maximum absolute atomic E-state index is 11.9. The van der Waals surface area contributed by atoms with E-state index in [1.54, 1.807) is 7.11 Å². The molecule has 1 aromatic carbocycles. The van der Waals surface area contributed by atoms with Crippen molar-refractivity contribution < 1.29 is 13.9 Å². The zero-order chi connectivity index (χ0) is 14.9. The van der Waals surface area contributed by atoms with E-state index in [0.717, 1.165) is 12.1 Å². The summed E-state index contributed by atoms with van der Waals surface area (Å²) in [4.78, 5) is 16.1. The van der Waals surface area contributed by atoms with Crippen LogP contribution >= 0.6 is 0 Å². The number of nitrogens with one attached hydrogen (secondary N) is 2. The standard InChI is InChI=1S/C15H19N3O3/c1-20-10-9-16-7-8-17-14(19)13-11-21-15(18-13)12-5-3-2-4-6-12/h2-6,11,16H,7-10H2,1H3,(H,17,19). The Morgan fingerprint density at radius 3 is 2.81 bits per heavy atom. The molecule has 1 heterocycles. The zero-order valence-corrected chi connectivity index (χ0v) is 12.0. The van der Waals surface area contributed by atoms with E-state index in [0.29, 0.717) is 25.6 Å². The number of hydrogen-bond acceptors (Lipinski definition) is 5. The number of amides is 1. The molecule has 0 spiro atoms. The van der Waals surface area contributed by atoms with Crippen molar-refractivity contribution in [3.8, 4) is 11.5 Å². The van der Waals surface area contributed by atoms with Crippen LogP contribution in [0.15, 0.2) is 41.0 Å². The van der Waals surface area contributed by atoms with Gasteiger partial charge in [-0.25, -0.2) is 4.98 Å². The average Bonchev–Trinajstić information content (AvgIpc) is 3.01. The Labute approximate surface area is 123 Å². The molecular weight excluding hydrogens is 270 g/mol. The molecule has 112 valence electrons. The van der Waals surface area contributed by atoms with Gasteiger partial charge in [-0.1, -0.05) is 18.2 Å². The normalized spacial score (nSPS) is 10.5. The van der Waals surface area contributed by atoms with Gasteiger partial charge in [0.05, 0.1) is 6.61 Å². The van der Waals surface area contributed by atoms with Gasteiger partial charge in [0.15, 0.2) is 5.69 Å². The minimum atomic E-state index is -0.241. The molecule has 0 saturated carbocycles. The minimum Gasteiger partial charge on any atom is -0.444 e. The molecule has 1 aromatic heterocycles. The van der Waals surface area contributed by atoms with E-state index in [9.17, 15) is 4.79 Å². The summed E-state index contributed by atoms with van der Waals surface area (Å²) in [6.07, 6.45) is 1.37. The van der Waals surface area contributed by atoms with Crippen molar-refractivity contribution in [1.29, 1.82) is 0 Å². The number of rotatable bonds is 8. The van der Waals surface area contributed by atoms with Crippen LogP contribution in [-0.4, -0.2) is 44.2 Å². The first-order valence-corrected chi connectivity index (χ1v) is 6.80. The number of oxazole rings is 1. The van der Waals surface area contributed by atoms with Crippen molar-refractivity contribution in [2.45, 2.75) is 0 Å². The van der Waals surface area contributed by atoms with E-state index in [4.69, 9.17) is 9.15 Å². The van der Waals surface area contributed by atoms with Crippen LogP contribution in [0.5, 0.6) is 0 Å². The summed E-state index contributed by atoms with van der Waals surface area (Å²) < 4.78 is 10.2. The lowest BCUT2D eigenvalue weighted by atomic mass is 10.2. The summed E-state index contributed by atoms with van der Waals surface area (Å²) in [5.74, 6) is 0.202. The van der Waals surface area contributed by atoms with Gasteiger partial charge in [-0.05, 0) is 12.1 Å². The predicted octanol–water partition coefficient (Wildman–Crippen LogP) is 1.31. The van der Waals surface area contributed by atoms with Crippen molar-refractivity contribution >= 4 is 5.91 Å². The molecule has 0 saturated heterocycles. The molecule has 2 aromatic rings. The summed E-state index contributed by atoms with van der Waals surface area (Å²) in [7, 11) is 1.65. The molecule has 6 heteroatoms. The molecule has 0 radical (unpaired) electrons. The highest BCUT2D eigenvalue weighted by Crippen LogP contribution is 2.17. The third-order valence-electron chi connectivity index (χ3n) is 2.83. The molecule has 0 unspecified atom stereocenters. The second-order valence-corrected chi connectivity index (χ2v) is 4.40. The van der Waals surface area contributed by atoms with Crippen molar-refractivity contribution in [2.75, 3.05) is 33.4 Å². The summed E-state index contributed by atoms with van der Waals surface area (Å²) in [6.45, 7) is 2.61. The van der Waals surface area contributed by atoms with E-state index in [1.807, 2.05) is 30.3 Å². The number of carbonyl (C=O) groups excluding carboxylic acids is 1. The van der Waals surface area contributed by atoms with Gasteiger partial charge in [0.25, 0.3) is 5.91 Å². The molecule has 21 heavy (non-hydrogen) atoms. The number of aromatic nitrogens is 1. The van der Waals surface area contributed by atoms with Crippen LogP contribution < -0.4 is 10.6 Å². The van der Waals surface area contributed by atoms with Crippen LogP contribution in [0, 0.1) is 0 Å². The van der Waals surface area contributed by atoms with Gasteiger partial charge >= 0.3 is 0 Å². The summed E-state index contributed by atoms with van der Waals surface area (Å²) in [6, 6.07) is 9.47. The lowest BCUT2D eigenvalue weighted by Crippen LogP contribution is -2.33. The fourth-order valence-corrected chi connectivity index (χ4v) is 1.75. The Morgan fingerprint density at radius 2 is 2.05 bits per heavy atom. The van der Waals surface area contributed by atoms with Crippen LogP contribution in [0.3, 0.4) is 0 Å². The Kier molecular flexibility index (Phi) is 5.93. The number of benzene rings is 1.